The van der Waals surface area contributed by atoms with Gasteiger partial charge in [-0.3, -0.25) is 10.2 Å². The Morgan fingerprint density at radius 2 is 1.73 bits per heavy atom. The quantitative estimate of drug-likeness (QED) is 0.490. The second-order valence-corrected chi connectivity index (χ2v) is 6.63. The summed E-state index contributed by atoms with van der Waals surface area (Å²) < 4.78 is 0. The van der Waals surface area contributed by atoms with E-state index in [1.54, 1.807) is 47.7 Å². The Morgan fingerprint density at radius 3 is 2.27 bits per heavy atom. The van der Waals surface area contributed by atoms with Crippen LogP contribution >= 0.6 is 22.9 Å². The van der Waals surface area contributed by atoms with Crippen molar-refractivity contribution >= 4 is 40.6 Å². The van der Waals surface area contributed by atoms with Crippen molar-refractivity contribution in [3.8, 4) is 10.4 Å². The summed E-state index contributed by atoms with van der Waals surface area (Å²) in [7, 11) is 0. The van der Waals surface area contributed by atoms with Crippen LogP contribution in [0.25, 0.3) is 10.4 Å². The molecule has 0 saturated carbocycles. The lowest BCUT2D eigenvalue weighted by atomic mass is 10.1. The van der Waals surface area contributed by atoms with E-state index in [0.29, 0.717) is 17.1 Å². The van der Waals surface area contributed by atoms with Crippen molar-refractivity contribution < 1.29 is 14.7 Å². The van der Waals surface area contributed by atoms with Crippen LogP contribution < -0.4 is 10.4 Å². The number of carbonyl (C=O) groups excluding carboxylic acids is 1. The minimum Gasteiger partial charge on any atom is -0.463 e. The van der Waals surface area contributed by atoms with Crippen LogP contribution in [0.3, 0.4) is 0 Å². The number of benzene rings is 2. The van der Waals surface area contributed by atoms with Crippen LogP contribution in [-0.2, 0) is 5.88 Å². The number of carbonyl (C=O) groups is 2. The van der Waals surface area contributed by atoms with Crippen LogP contribution in [0, 0.1) is 0 Å². The van der Waals surface area contributed by atoms with Crippen LogP contribution in [-0.4, -0.2) is 17.1 Å². The zero-order valence-corrected chi connectivity index (χ0v) is 15.1. The molecule has 0 fully saturated rings. The number of carboxylic acid groups (broad SMARTS) is 1. The number of alkyl halides is 1. The van der Waals surface area contributed by atoms with Crippen LogP contribution in [0.1, 0.15) is 15.9 Å². The zero-order valence-electron chi connectivity index (χ0n) is 13.6. The number of halogens is 1. The molecule has 0 unspecified atom stereocenters. The van der Waals surface area contributed by atoms with Gasteiger partial charge in [-0.25, -0.2) is 4.79 Å². The summed E-state index contributed by atoms with van der Waals surface area (Å²) in [6.45, 7) is 0. The third-order valence-electron chi connectivity index (χ3n) is 3.71. The summed E-state index contributed by atoms with van der Waals surface area (Å²) in [6.07, 6.45) is -1.28. The van der Waals surface area contributed by atoms with Crippen molar-refractivity contribution in [1.82, 2.24) is 5.43 Å². The Balaban J connectivity index is 1.78. The van der Waals surface area contributed by atoms with Gasteiger partial charge in [0.2, 0.25) is 0 Å². The number of thiophene rings is 1. The molecule has 2 aromatic carbocycles. The second kappa shape index (κ2) is 8.03. The second-order valence-electron chi connectivity index (χ2n) is 5.41. The molecular formula is C19H15ClN2O3S. The van der Waals surface area contributed by atoms with Crippen molar-refractivity contribution in [3.63, 3.8) is 0 Å². The molecule has 7 heteroatoms. The highest BCUT2D eigenvalue weighted by atomic mass is 35.5. The van der Waals surface area contributed by atoms with Gasteiger partial charge in [-0.15, -0.1) is 22.9 Å². The fourth-order valence-electron chi connectivity index (χ4n) is 2.35. The van der Waals surface area contributed by atoms with Crippen molar-refractivity contribution in [2.75, 3.05) is 5.01 Å². The average Bonchev–Trinajstić information content (AvgIpc) is 3.20. The number of rotatable bonds is 4. The van der Waals surface area contributed by atoms with Crippen LogP contribution in [0.4, 0.5) is 10.5 Å². The molecule has 26 heavy (non-hydrogen) atoms. The lowest BCUT2D eigenvalue weighted by Crippen LogP contribution is -2.45. The average molecular weight is 387 g/mol. The van der Waals surface area contributed by atoms with Gasteiger partial charge in [0.25, 0.3) is 5.91 Å². The maximum Gasteiger partial charge on any atom is 0.431 e. The number of anilines is 1. The van der Waals surface area contributed by atoms with E-state index in [9.17, 15) is 14.7 Å². The molecule has 0 saturated heterocycles. The maximum absolute atomic E-state index is 12.3. The highest BCUT2D eigenvalue weighted by Gasteiger charge is 2.18. The van der Waals surface area contributed by atoms with E-state index in [1.807, 2.05) is 29.6 Å². The number of hydrazine groups is 1. The normalized spacial score (nSPS) is 10.3. The molecule has 5 nitrogen and oxygen atoms in total. The fraction of sp³-hybridized carbons (Fsp3) is 0.0526. The number of nitrogens with one attached hydrogen (secondary N) is 1. The monoisotopic (exact) mass is 386 g/mol. The standard InChI is InChI=1S/C19H15ClN2O3S/c20-12-13-3-5-15(6-4-13)18(23)21-22(19(24)25)16-9-7-14(8-10-16)17-2-1-11-26-17/h1-11H,12H2,(H,21,23)(H,24,25). The lowest BCUT2D eigenvalue weighted by Gasteiger charge is -2.20. The first kappa shape index (κ1) is 18.0. The van der Waals surface area contributed by atoms with Crippen molar-refractivity contribution in [3.05, 3.63) is 77.2 Å². The predicted octanol–water partition coefficient (Wildman–Crippen LogP) is 4.98. The highest BCUT2D eigenvalue weighted by Crippen LogP contribution is 2.26. The lowest BCUT2D eigenvalue weighted by molar-refractivity contribution is 0.0944. The Morgan fingerprint density at radius 1 is 1.04 bits per heavy atom. The first-order chi connectivity index (χ1) is 12.6. The molecule has 2 N–H and O–H groups in total. The van der Waals surface area contributed by atoms with Crippen molar-refractivity contribution in [2.24, 2.45) is 0 Å². The molecule has 0 aliphatic heterocycles. The molecule has 3 rings (SSSR count). The van der Waals surface area contributed by atoms with Crippen LogP contribution in [0.2, 0.25) is 0 Å². The van der Waals surface area contributed by atoms with Crippen LogP contribution in [0.15, 0.2) is 66.0 Å². The molecule has 0 spiro atoms. The summed E-state index contributed by atoms with van der Waals surface area (Å²) in [4.78, 5) is 25.0. The molecule has 0 radical (unpaired) electrons. The minimum atomic E-state index is -1.28. The molecule has 0 bridgehead atoms. The van der Waals surface area contributed by atoms with Gasteiger partial charge in [0.15, 0.2) is 0 Å². The van der Waals surface area contributed by atoms with Crippen molar-refractivity contribution in [2.45, 2.75) is 5.88 Å². The van der Waals surface area contributed by atoms with Gasteiger partial charge in [0.1, 0.15) is 0 Å². The van der Waals surface area contributed by atoms with Gasteiger partial charge < -0.3 is 5.11 Å². The third kappa shape index (κ3) is 4.04. The van der Waals surface area contributed by atoms with E-state index >= 15 is 0 Å². The zero-order chi connectivity index (χ0) is 18.5. The molecule has 1 aromatic heterocycles. The molecule has 3 aromatic rings. The number of nitrogens with zero attached hydrogens (tertiary/aromatic N) is 1. The third-order valence-corrected chi connectivity index (χ3v) is 4.93. The summed E-state index contributed by atoms with van der Waals surface area (Å²) in [6, 6.07) is 17.5. The molecular weight excluding hydrogens is 372 g/mol. The summed E-state index contributed by atoms with van der Waals surface area (Å²) in [5.41, 5.74) is 4.96. The topological polar surface area (TPSA) is 69.6 Å². The molecule has 0 aliphatic carbocycles. The van der Waals surface area contributed by atoms with Gasteiger partial charge in [0, 0.05) is 16.3 Å². The first-order valence-corrected chi connectivity index (χ1v) is 9.13. The van der Waals surface area contributed by atoms with E-state index in [4.69, 9.17) is 11.6 Å². The van der Waals surface area contributed by atoms with E-state index in [-0.39, 0.29) is 0 Å². The first-order valence-electron chi connectivity index (χ1n) is 7.71. The molecule has 132 valence electrons. The molecule has 2 amide bonds. The number of hydrogen-bond acceptors (Lipinski definition) is 3. The molecule has 0 aliphatic rings. The minimum absolute atomic E-state index is 0.347. The highest BCUT2D eigenvalue weighted by molar-refractivity contribution is 7.13. The van der Waals surface area contributed by atoms with Gasteiger partial charge in [-0.2, -0.15) is 5.01 Å². The molecule has 0 atom stereocenters. The largest absolute Gasteiger partial charge is 0.463 e. The van der Waals surface area contributed by atoms with Gasteiger partial charge >= 0.3 is 6.09 Å². The maximum atomic E-state index is 12.3. The molecule has 1 heterocycles. The van der Waals surface area contributed by atoms with Crippen molar-refractivity contribution in [1.29, 1.82) is 0 Å². The Kier molecular flexibility index (Phi) is 5.55. The number of amides is 2. The van der Waals surface area contributed by atoms with Gasteiger partial charge in [-0.05, 0) is 46.8 Å². The summed E-state index contributed by atoms with van der Waals surface area (Å²) >= 11 is 7.33. The number of hydrogen-bond donors (Lipinski definition) is 2. The van der Waals surface area contributed by atoms with Gasteiger partial charge in [-0.1, -0.05) is 30.3 Å². The van der Waals surface area contributed by atoms with Crippen LogP contribution in [0.5, 0.6) is 0 Å². The van der Waals surface area contributed by atoms with E-state index in [2.05, 4.69) is 5.43 Å². The van der Waals surface area contributed by atoms with Gasteiger partial charge in [0.05, 0.1) is 5.69 Å². The SMILES string of the molecule is O=C(NN(C(=O)O)c1ccc(-c2cccs2)cc1)c1ccc(CCl)cc1. The van der Waals surface area contributed by atoms with E-state index < -0.39 is 12.0 Å². The Bertz CT molecular complexity index is 894. The predicted molar refractivity (Wildman–Crippen MR) is 104 cm³/mol. The Hall–Kier alpha value is -2.83. The Labute approximate surface area is 159 Å². The van der Waals surface area contributed by atoms with E-state index in [0.717, 1.165) is 21.0 Å². The fourth-order valence-corrected chi connectivity index (χ4v) is 3.26. The van der Waals surface area contributed by atoms with E-state index in [1.165, 1.54) is 0 Å². The smallest absolute Gasteiger partial charge is 0.431 e. The summed E-state index contributed by atoms with van der Waals surface area (Å²) in [5.74, 6) is -0.171. The summed E-state index contributed by atoms with van der Waals surface area (Å²) in [5, 5.41) is 12.2.